The maximum absolute atomic E-state index is 14.1. The number of hydrogen-bond donors (Lipinski definition) is 0. The quantitative estimate of drug-likeness (QED) is 0.571. The van der Waals surface area contributed by atoms with Crippen LogP contribution >= 0.6 is 0 Å². The molecular formula is C25H26FN3O3S. The summed E-state index contributed by atoms with van der Waals surface area (Å²) in [7, 11) is -2.33. The van der Waals surface area contributed by atoms with E-state index in [-0.39, 0.29) is 16.6 Å². The number of halogens is 1. The van der Waals surface area contributed by atoms with Crippen LogP contribution in [-0.2, 0) is 10.0 Å². The van der Waals surface area contributed by atoms with Crippen LogP contribution in [0, 0.1) is 12.7 Å². The van der Waals surface area contributed by atoms with Gasteiger partial charge in [0.15, 0.2) is 0 Å². The lowest BCUT2D eigenvalue weighted by Gasteiger charge is -2.36. The van der Waals surface area contributed by atoms with Crippen molar-refractivity contribution in [2.24, 2.45) is 0 Å². The normalized spacial score (nSPS) is 14.3. The maximum Gasteiger partial charge on any atom is 0.264 e. The molecule has 0 N–H and O–H groups in total. The minimum atomic E-state index is -3.83. The van der Waals surface area contributed by atoms with E-state index >= 15 is 0 Å². The number of para-hydroxylation sites is 1. The number of rotatable bonds is 5. The third kappa shape index (κ3) is 4.71. The minimum absolute atomic E-state index is 0.0569. The average molecular weight is 468 g/mol. The summed E-state index contributed by atoms with van der Waals surface area (Å²) in [6.07, 6.45) is 0. The van der Waals surface area contributed by atoms with E-state index in [1.165, 1.54) is 29.6 Å². The summed E-state index contributed by atoms with van der Waals surface area (Å²) < 4.78 is 41.6. The molecule has 1 aliphatic rings. The molecule has 172 valence electrons. The van der Waals surface area contributed by atoms with Crippen molar-refractivity contribution in [3.05, 3.63) is 89.7 Å². The molecule has 0 saturated carbocycles. The molecule has 0 unspecified atom stereocenters. The second-order valence-electron chi connectivity index (χ2n) is 8.07. The highest BCUT2D eigenvalue weighted by atomic mass is 32.2. The van der Waals surface area contributed by atoms with Crippen molar-refractivity contribution in [2.75, 3.05) is 42.4 Å². The number of carbonyl (C=O) groups excluding carboxylic acids is 1. The number of benzene rings is 3. The number of piperazine rings is 1. The van der Waals surface area contributed by atoms with Gasteiger partial charge in [-0.05, 0) is 49.4 Å². The molecule has 0 bridgehead atoms. The summed E-state index contributed by atoms with van der Waals surface area (Å²) in [6, 6.07) is 19.9. The van der Waals surface area contributed by atoms with Crippen LogP contribution in [0.15, 0.2) is 77.7 Å². The Kier molecular flexibility index (Phi) is 6.37. The highest BCUT2D eigenvalue weighted by molar-refractivity contribution is 7.92. The molecule has 0 aromatic heterocycles. The van der Waals surface area contributed by atoms with E-state index in [0.717, 1.165) is 5.56 Å². The Morgan fingerprint density at radius 3 is 2.24 bits per heavy atom. The lowest BCUT2D eigenvalue weighted by molar-refractivity contribution is 0.0746. The first-order chi connectivity index (χ1) is 15.8. The zero-order chi connectivity index (χ0) is 23.6. The van der Waals surface area contributed by atoms with E-state index in [4.69, 9.17) is 0 Å². The van der Waals surface area contributed by atoms with Gasteiger partial charge in [0.25, 0.3) is 15.9 Å². The summed E-state index contributed by atoms with van der Waals surface area (Å²) in [6.45, 7) is 3.78. The Morgan fingerprint density at radius 1 is 0.909 bits per heavy atom. The number of nitrogens with zero attached hydrogens (tertiary/aromatic N) is 3. The monoisotopic (exact) mass is 467 g/mol. The van der Waals surface area contributed by atoms with Crippen LogP contribution in [0.4, 0.5) is 15.8 Å². The van der Waals surface area contributed by atoms with Crippen LogP contribution in [0.3, 0.4) is 0 Å². The van der Waals surface area contributed by atoms with Gasteiger partial charge in [0.2, 0.25) is 0 Å². The van der Waals surface area contributed by atoms with Crippen molar-refractivity contribution in [1.82, 2.24) is 4.90 Å². The van der Waals surface area contributed by atoms with Crippen molar-refractivity contribution in [2.45, 2.75) is 11.8 Å². The van der Waals surface area contributed by atoms with Crippen molar-refractivity contribution in [1.29, 1.82) is 0 Å². The maximum atomic E-state index is 14.1. The third-order valence-corrected chi connectivity index (χ3v) is 7.68. The van der Waals surface area contributed by atoms with E-state index in [9.17, 15) is 17.6 Å². The Bertz CT molecular complexity index is 1250. The molecule has 1 saturated heterocycles. The molecule has 4 rings (SSSR count). The van der Waals surface area contributed by atoms with Gasteiger partial charge in [0, 0.05) is 38.8 Å². The van der Waals surface area contributed by atoms with E-state index in [0.29, 0.717) is 43.1 Å². The summed E-state index contributed by atoms with van der Waals surface area (Å²) >= 11 is 0. The van der Waals surface area contributed by atoms with Crippen LogP contribution in [0.5, 0.6) is 0 Å². The van der Waals surface area contributed by atoms with Gasteiger partial charge in [-0.3, -0.25) is 9.10 Å². The number of hydrogen-bond acceptors (Lipinski definition) is 4. The van der Waals surface area contributed by atoms with Gasteiger partial charge in [-0.15, -0.1) is 0 Å². The second kappa shape index (κ2) is 9.23. The molecule has 0 atom stereocenters. The third-order valence-electron chi connectivity index (χ3n) is 5.90. The number of carbonyl (C=O) groups is 1. The summed E-state index contributed by atoms with van der Waals surface area (Å²) in [5.41, 5.74) is 2.42. The number of aryl methyl sites for hydroxylation is 1. The lowest BCUT2D eigenvalue weighted by Crippen LogP contribution is -2.49. The molecule has 3 aromatic carbocycles. The fraction of sp³-hybridized carbons (Fsp3) is 0.240. The van der Waals surface area contributed by atoms with E-state index in [2.05, 4.69) is 0 Å². The van der Waals surface area contributed by atoms with Gasteiger partial charge in [0.05, 0.1) is 16.3 Å². The molecule has 3 aromatic rings. The zero-order valence-electron chi connectivity index (χ0n) is 18.6. The van der Waals surface area contributed by atoms with Crippen molar-refractivity contribution < 1.29 is 17.6 Å². The molecule has 0 radical (unpaired) electrons. The van der Waals surface area contributed by atoms with Crippen LogP contribution < -0.4 is 9.21 Å². The van der Waals surface area contributed by atoms with E-state index < -0.39 is 10.0 Å². The number of amides is 1. The summed E-state index contributed by atoms with van der Waals surface area (Å²) in [5.74, 6) is -0.522. The Hall–Kier alpha value is -3.39. The van der Waals surface area contributed by atoms with Gasteiger partial charge < -0.3 is 9.80 Å². The summed E-state index contributed by atoms with van der Waals surface area (Å²) in [4.78, 5) is 16.7. The Labute approximate surface area is 193 Å². The highest BCUT2D eigenvalue weighted by Gasteiger charge is 2.26. The predicted molar refractivity (Wildman–Crippen MR) is 128 cm³/mol. The average Bonchev–Trinajstić information content (AvgIpc) is 2.84. The van der Waals surface area contributed by atoms with Crippen molar-refractivity contribution in [3.63, 3.8) is 0 Å². The summed E-state index contributed by atoms with van der Waals surface area (Å²) in [5, 5.41) is 0. The number of sulfonamides is 1. The Morgan fingerprint density at radius 2 is 1.58 bits per heavy atom. The van der Waals surface area contributed by atoms with Crippen LogP contribution in [-0.4, -0.2) is 52.5 Å². The molecular weight excluding hydrogens is 441 g/mol. The molecule has 0 spiro atoms. The lowest BCUT2D eigenvalue weighted by atomic mass is 10.1. The first-order valence-electron chi connectivity index (χ1n) is 10.7. The van der Waals surface area contributed by atoms with E-state index in [1.807, 2.05) is 24.0 Å². The van der Waals surface area contributed by atoms with Gasteiger partial charge in [-0.25, -0.2) is 12.8 Å². The largest absolute Gasteiger partial charge is 0.366 e. The molecule has 0 aliphatic carbocycles. The molecule has 1 heterocycles. The smallest absolute Gasteiger partial charge is 0.264 e. The van der Waals surface area contributed by atoms with E-state index in [1.54, 1.807) is 47.4 Å². The zero-order valence-corrected chi connectivity index (χ0v) is 19.4. The SMILES string of the molecule is Cc1ccc(N(C)S(=O)(=O)c2cccc(C(=O)N3CCN(c4ccccc4F)CC3)c2)cc1. The van der Waals surface area contributed by atoms with Gasteiger partial charge >= 0.3 is 0 Å². The van der Waals surface area contributed by atoms with Crippen LogP contribution in [0.25, 0.3) is 0 Å². The van der Waals surface area contributed by atoms with Crippen LogP contribution in [0.1, 0.15) is 15.9 Å². The topological polar surface area (TPSA) is 60.9 Å². The van der Waals surface area contributed by atoms with Gasteiger partial charge in [0.1, 0.15) is 5.82 Å². The van der Waals surface area contributed by atoms with Crippen molar-refractivity contribution >= 4 is 27.3 Å². The number of anilines is 2. The van der Waals surface area contributed by atoms with Crippen LogP contribution in [0.2, 0.25) is 0 Å². The Balaban J connectivity index is 1.49. The van der Waals surface area contributed by atoms with Gasteiger partial charge in [-0.2, -0.15) is 0 Å². The second-order valence-corrected chi connectivity index (χ2v) is 10.0. The standard InChI is InChI=1S/C25H26FN3O3S/c1-19-10-12-21(13-11-19)27(2)33(31,32)22-7-5-6-20(18-22)25(30)29-16-14-28(15-17-29)24-9-4-3-8-23(24)26/h3-13,18H,14-17H2,1-2H3. The predicted octanol–water partition coefficient (Wildman–Crippen LogP) is 3.92. The first kappa shape index (κ1) is 22.8. The molecule has 1 amide bonds. The molecule has 8 heteroatoms. The molecule has 1 fully saturated rings. The fourth-order valence-electron chi connectivity index (χ4n) is 3.88. The molecule has 33 heavy (non-hydrogen) atoms. The first-order valence-corrected chi connectivity index (χ1v) is 12.2. The molecule has 6 nitrogen and oxygen atoms in total. The fourth-order valence-corrected chi connectivity index (χ4v) is 5.12. The van der Waals surface area contributed by atoms with Gasteiger partial charge in [-0.1, -0.05) is 35.9 Å². The molecule has 1 aliphatic heterocycles. The highest BCUT2D eigenvalue weighted by Crippen LogP contribution is 2.24. The minimum Gasteiger partial charge on any atom is -0.366 e. The van der Waals surface area contributed by atoms with Crippen molar-refractivity contribution in [3.8, 4) is 0 Å².